The predicted octanol–water partition coefficient (Wildman–Crippen LogP) is 10.6. The molecule has 0 aliphatic carbocycles. The van der Waals surface area contributed by atoms with Gasteiger partial charge < -0.3 is 10.2 Å². The molecule has 0 spiro atoms. The largest absolute Gasteiger partial charge is 0.355 e. The van der Waals surface area contributed by atoms with Crippen LogP contribution in [0.3, 0.4) is 0 Å². The van der Waals surface area contributed by atoms with Gasteiger partial charge in [-0.15, -0.1) is 0 Å². The zero-order valence-corrected chi connectivity index (χ0v) is 24.3. The average Bonchev–Trinajstić information content (AvgIpc) is 2.96. The quantitative estimate of drug-likeness (QED) is 0.233. The van der Waals surface area contributed by atoms with E-state index in [4.69, 9.17) is 1.37 Å². The summed E-state index contributed by atoms with van der Waals surface area (Å²) in [7, 11) is -1.00. The van der Waals surface area contributed by atoms with Crippen LogP contribution < -0.4 is 10.2 Å². The lowest BCUT2D eigenvalue weighted by molar-refractivity contribution is 0.636. The van der Waals surface area contributed by atoms with E-state index in [0.717, 1.165) is 12.2 Å². The van der Waals surface area contributed by atoms with E-state index in [1.807, 2.05) is 18.2 Å². The molecule has 1 N–H and O–H groups in total. The van der Waals surface area contributed by atoms with Gasteiger partial charge in [0.05, 0.1) is 8.52 Å². The number of hydrogen-bond donors (Lipinski definition) is 1. The second kappa shape index (κ2) is 15.3. The maximum atomic E-state index is 9.96. The first-order valence-corrected chi connectivity index (χ1v) is 13.5. The monoisotopic (exact) mass is 533 g/mol. The number of nitrogens with zero attached hydrogens (tertiary/aromatic N) is 1. The summed E-state index contributed by atoms with van der Waals surface area (Å²) < 4.78 is 15.5. The first-order valence-electron chi connectivity index (χ1n) is 14.2. The van der Waals surface area contributed by atoms with Crippen LogP contribution in [0, 0.1) is 34.6 Å². The van der Waals surface area contributed by atoms with Gasteiger partial charge in [-0.3, -0.25) is 4.39 Å². The lowest BCUT2D eigenvalue weighted by atomic mass is 10.1. The van der Waals surface area contributed by atoms with Crippen molar-refractivity contribution in [3.8, 4) is 0 Å². The van der Waals surface area contributed by atoms with Gasteiger partial charge in [-0.05, 0) is 87.7 Å². The van der Waals surface area contributed by atoms with Crippen LogP contribution in [0.2, 0.25) is 0 Å². The fourth-order valence-electron chi connectivity index (χ4n) is 4.66. The molecule has 0 heterocycles. The molecule has 0 fully saturated rings. The van der Waals surface area contributed by atoms with Gasteiger partial charge in [-0.2, -0.15) is 0 Å². The molecule has 0 saturated heterocycles. The third kappa shape index (κ3) is 8.84. The molecule has 5 aromatic rings. The Balaban J connectivity index is 0.000000221. The summed E-state index contributed by atoms with van der Waals surface area (Å²) in [6.07, 6.45) is 0. The summed E-state index contributed by atoms with van der Waals surface area (Å²) in [5.74, 6) is 0. The number of para-hydroxylation sites is 2. The maximum Gasteiger partial charge on any atom is 0.0785 e. The molecule has 5 aromatic carbocycles. The molecule has 206 valence electrons. The summed E-state index contributed by atoms with van der Waals surface area (Å²) >= 11 is 0. The molecular formula is C37H41FN2. The van der Waals surface area contributed by atoms with Crippen LogP contribution in [0.15, 0.2) is 121 Å². The van der Waals surface area contributed by atoms with Gasteiger partial charge in [0.2, 0.25) is 0 Å². The van der Waals surface area contributed by atoms with Gasteiger partial charge in [0, 0.05) is 29.3 Å². The molecule has 0 amide bonds. The number of anilines is 4. The highest BCUT2D eigenvalue weighted by molar-refractivity contribution is 5.67. The minimum Gasteiger partial charge on any atom is -0.355 e. The molecule has 3 heteroatoms. The average molecular weight is 534 g/mol. The Morgan fingerprint density at radius 3 is 1.80 bits per heavy atom. The Labute approximate surface area is 241 Å². The topological polar surface area (TPSA) is 15.3 Å². The van der Waals surface area contributed by atoms with Crippen LogP contribution in [0.1, 0.15) is 34.8 Å². The van der Waals surface area contributed by atoms with Crippen molar-refractivity contribution in [1.82, 2.24) is 0 Å². The van der Waals surface area contributed by atoms with Crippen molar-refractivity contribution in [2.24, 2.45) is 0 Å². The van der Waals surface area contributed by atoms with E-state index >= 15 is 0 Å². The van der Waals surface area contributed by atoms with Crippen LogP contribution in [-0.4, -0.2) is 7.15 Å². The lowest BCUT2D eigenvalue weighted by Crippen LogP contribution is -2.17. The van der Waals surface area contributed by atoms with Crippen molar-refractivity contribution in [2.75, 3.05) is 17.4 Å². The number of halogens is 1. The van der Waals surface area contributed by atoms with E-state index in [9.17, 15) is 4.39 Å². The van der Waals surface area contributed by atoms with Crippen LogP contribution >= 0.6 is 0 Å². The number of rotatable bonds is 6. The van der Waals surface area contributed by atoms with E-state index in [-0.39, 0.29) is 0 Å². The highest BCUT2D eigenvalue weighted by Crippen LogP contribution is 2.31. The molecule has 0 radical (unpaired) electrons. The summed E-state index contributed by atoms with van der Waals surface area (Å²) in [4.78, 5) is 2.39. The Hall–Kier alpha value is -4.37. The van der Waals surface area contributed by atoms with Crippen molar-refractivity contribution in [3.63, 3.8) is 0 Å². The highest BCUT2D eigenvalue weighted by atomic mass is 19.1. The summed E-state index contributed by atoms with van der Waals surface area (Å²) in [5, 5.41) is 3.40. The zero-order chi connectivity index (χ0) is 29.6. The number of benzene rings is 5. The van der Waals surface area contributed by atoms with Crippen LogP contribution in [0.5, 0.6) is 0 Å². The third-order valence-electron chi connectivity index (χ3n) is 6.57. The summed E-state index contributed by atoms with van der Waals surface area (Å²) in [5.41, 5.74) is 12.6. The van der Waals surface area contributed by atoms with Crippen LogP contribution in [0.4, 0.5) is 27.1 Å². The first kappa shape index (κ1) is 28.6. The second-order valence-corrected chi connectivity index (χ2v) is 10.0. The van der Waals surface area contributed by atoms with E-state index < -0.39 is 7.15 Å². The van der Waals surface area contributed by atoms with Gasteiger partial charge in [0.1, 0.15) is 0 Å². The van der Waals surface area contributed by atoms with Crippen molar-refractivity contribution >= 4 is 22.7 Å². The van der Waals surface area contributed by atoms with Crippen molar-refractivity contribution in [3.05, 3.63) is 155 Å². The van der Waals surface area contributed by atoms with E-state index in [1.165, 1.54) is 50.4 Å². The molecule has 0 aromatic heterocycles. The van der Waals surface area contributed by atoms with Crippen LogP contribution in [0.25, 0.3) is 0 Å². The summed E-state index contributed by atoms with van der Waals surface area (Å²) in [6, 6.07) is 42.7. The van der Waals surface area contributed by atoms with Crippen molar-refractivity contribution in [2.45, 2.75) is 41.2 Å². The number of nitrogens with one attached hydrogen (secondary N) is 1. The first-order chi connectivity index (χ1) is 19.8. The Bertz CT molecular complexity index is 1490. The maximum absolute atomic E-state index is 9.96. The SMILES string of the molecule is Cc1ccc(Nc2ccccc2)c(C)c1.Cc1cccc(CN(c2ccccc2)c2ccc(C)cc2C)c1.[2H]CF. The molecule has 0 saturated carbocycles. The Morgan fingerprint density at radius 2 is 1.20 bits per heavy atom. The van der Waals surface area contributed by atoms with Crippen molar-refractivity contribution < 1.29 is 5.76 Å². The van der Waals surface area contributed by atoms with E-state index in [1.54, 1.807) is 0 Å². The van der Waals surface area contributed by atoms with E-state index in [2.05, 4.69) is 148 Å². The van der Waals surface area contributed by atoms with Crippen molar-refractivity contribution in [1.29, 1.82) is 0 Å². The van der Waals surface area contributed by atoms with Crippen LogP contribution in [-0.2, 0) is 6.54 Å². The second-order valence-electron chi connectivity index (χ2n) is 10.0. The van der Waals surface area contributed by atoms with Gasteiger partial charge in [0.15, 0.2) is 0 Å². The Morgan fingerprint density at radius 1 is 0.625 bits per heavy atom. The fourth-order valence-corrected chi connectivity index (χ4v) is 4.66. The molecule has 0 aliphatic rings. The minimum atomic E-state index is -1.00. The van der Waals surface area contributed by atoms with Gasteiger partial charge in [-0.25, -0.2) is 0 Å². The lowest BCUT2D eigenvalue weighted by Gasteiger charge is -2.27. The minimum absolute atomic E-state index is 0.871. The van der Waals surface area contributed by atoms with Gasteiger partial charge in [-0.1, -0.05) is 102 Å². The molecular weight excluding hydrogens is 491 g/mol. The molecule has 0 aliphatic heterocycles. The zero-order valence-electron chi connectivity index (χ0n) is 25.3. The molecule has 0 atom stereocenters. The number of aryl methyl sites for hydroxylation is 5. The van der Waals surface area contributed by atoms with Gasteiger partial charge >= 0.3 is 0 Å². The highest BCUT2D eigenvalue weighted by Gasteiger charge is 2.12. The standard InChI is InChI=1S/C22H23N.C14H15N.CH3F/c1-17-8-7-9-20(15-17)16-23(21-10-5-4-6-11-21)22-13-12-18(2)14-19(22)3;1-11-8-9-14(12(2)10-11)15-13-6-4-3-5-7-13;1-2/h4-15H,16H2,1-3H3;3-10,15H,1-2H3;1H3/i;;1D. The predicted molar refractivity (Wildman–Crippen MR) is 172 cm³/mol. The fraction of sp³-hybridized carbons (Fsp3) is 0.189. The molecule has 2 nitrogen and oxygen atoms in total. The molecule has 0 unspecified atom stereocenters. The molecule has 0 bridgehead atoms. The molecule has 40 heavy (non-hydrogen) atoms. The van der Waals surface area contributed by atoms with E-state index in [0.29, 0.717) is 0 Å². The number of alkyl halides is 1. The normalized spacial score (nSPS) is 10.3. The summed E-state index contributed by atoms with van der Waals surface area (Å²) in [6.45, 7) is 11.6. The van der Waals surface area contributed by atoms with Gasteiger partial charge in [0.25, 0.3) is 0 Å². The Kier molecular flexibility index (Phi) is 10.9. The smallest absolute Gasteiger partial charge is 0.0785 e. The number of hydrogen-bond acceptors (Lipinski definition) is 2. The third-order valence-corrected chi connectivity index (χ3v) is 6.57. The molecule has 5 rings (SSSR count).